The molecule has 1 N–H and O–H groups in total. The van der Waals surface area contributed by atoms with Crippen LogP contribution in [-0.4, -0.2) is 40.9 Å². The average Bonchev–Trinajstić information content (AvgIpc) is 2.53. The highest BCUT2D eigenvalue weighted by atomic mass is 32.2. The van der Waals surface area contributed by atoms with E-state index in [9.17, 15) is 9.18 Å². The Morgan fingerprint density at radius 1 is 1.29 bits per heavy atom. The molecular weight excluding hydrogens is 323 g/mol. The minimum Gasteiger partial charge on any atom is -0.355 e. The number of rotatable bonds is 6. The molecule has 0 bridgehead atoms. The molecule has 0 radical (unpaired) electrons. The topological polar surface area (TPSA) is 32.3 Å². The molecule has 1 aromatic carbocycles. The van der Waals surface area contributed by atoms with Gasteiger partial charge in [-0.05, 0) is 32.0 Å². The fraction of sp³-hybridized carbons (Fsp3) is 0.632. The lowest BCUT2D eigenvalue weighted by molar-refractivity contribution is -0.126. The lowest BCUT2D eigenvalue weighted by Crippen LogP contribution is -2.41. The number of halogens is 1. The van der Waals surface area contributed by atoms with E-state index in [1.165, 1.54) is 6.07 Å². The maximum Gasteiger partial charge on any atom is 0.223 e. The van der Waals surface area contributed by atoms with Crippen LogP contribution >= 0.6 is 11.8 Å². The Balaban J connectivity index is 1.68. The van der Waals surface area contributed by atoms with Crippen molar-refractivity contribution >= 4 is 17.7 Å². The molecule has 1 heterocycles. The Morgan fingerprint density at radius 3 is 2.58 bits per heavy atom. The molecule has 0 atom stereocenters. The zero-order chi connectivity index (χ0) is 17.6. The monoisotopic (exact) mass is 352 g/mol. The minimum atomic E-state index is -0.145. The number of hydrogen-bond acceptors (Lipinski definition) is 3. The lowest BCUT2D eigenvalue weighted by Gasteiger charge is -2.31. The van der Waals surface area contributed by atoms with Crippen molar-refractivity contribution in [3.8, 4) is 0 Å². The van der Waals surface area contributed by atoms with E-state index in [2.05, 4.69) is 31.0 Å². The third-order valence-corrected chi connectivity index (χ3v) is 5.52. The smallest absolute Gasteiger partial charge is 0.223 e. The van der Waals surface area contributed by atoms with E-state index in [4.69, 9.17) is 0 Å². The summed E-state index contributed by atoms with van der Waals surface area (Å²) in [5.41, 5.74) is 0.736. The standard InChI is InChI=1S/C19H29FN2OS/c1-19(2,3)24-13-10-21-18(23)15-8-11-22(12-9-15)14-16-6-4-5-7-17(16)20/h4-7,15H,8-14H2,1-3H3,(H,21,23). The quantitative estimate of drug-likeness (QED) is 0.793. The summed E-state index contributed by atoms with van der Waals surface area (Å²) in [7, 11) is 0. The van der Waals surface area contributed by atoms with Crippen LogP contribution in [0.4, 0.5) is 4.39 Å². The van der Waals surface area contributed by atoms with Crippen LogP contribution in [-0.2, 0) is 11.3 Å². The lowest BCUT2D eigenvalue weighted by atomic mass is 9.95. The predicted octanol–water partition coefficient (Wildman–Crippen LogP) is 3.69. The molecule has 0 spiro atoms. The third-order valence-electron chi connectivity index (χ3n) is 4.25. The molecule has 0 unspecified atom stereocenters. The molecule has 3 nitrogen and oxygen atoms in total. The van der Waals surface area contributed by atoms with Crippen molar-refractivity contribution in [3.63, 3.8) is 0 Å². The first kappa shape index (κ1) is 19.3. The molecule has 0 aromatic heterocycles. The van der Waals surface area contributed by atoms with Crippen molar-refractivity contribution in [2.75, 3.05) is 25.4 Å². The van der Waals surface area contributed by atoms with Crippen molar-refractivity contribution in [2.24, 2.45) is 5.92 Å². The van der Waals surface area contributed by atoms with Crippen molar-refractivity contribution in [2.45, 2.75) is 44.9 Å². The molecular formula is C19H29FN2OS. The number of carbonyl (C=O) groups is 1. The Bertz CT molecular complexity index is 536. The van der Waals surface area contributed by atoms with E-state index in [0.717, 1.165) is 43.8 Å². The molecule has 24 heavy (non-hydrogen) atoms. The van der Waals surface area contributed by atoms with E-state index >= 15 is 0 Å². The molecule has 1 aromatic rings. The molecule has 134 valence electrons. The maximum atomic E-state index is 13.7. The first-order chi connectivity index (χ1) is 11.3. The zero-order valence-electron chi connectivity index (χ0n) is 15.0. The molecule has 2 rings (SSSR count). The summed E-state index contributed by atoms with van der Waals surface area (Å²) in [6, 6.07) is 6.92. The van der Waals surface area contributed by atoms with Crippen LogP contribution in [0.25, 0.3) is 0 Å². The number of thioether (sulfide) groups is 1. The van der Waals surface area contributed by atoms with E-state index in [0.29, 0.717) is 6.54 Å². The first-order valence-corrected chi connectivity index (χ1v) is 9.71. The summed E-state index contributed by atoms with van der Waals surface area (Å²) >= 11 is 1.87. The fourth-order valence-corrected chi connectivity index (χ4v) is 3.71. The summed E-state index contributed by atoms with van der Waals surface area (Å²) in [4.78, 5) is 14.5. The number of piperidine rings is 1. The Labute approximate surface area is 149 Å². The second kappa shape index (κ2) is 8.86. The minimum absolute atomic E-state index is 0.0986. The SMILES string of the molecule is CC(C)(C)SCCNC(=O)C1CCN(Cc2ccccc2F)CC1. The van der Waals surface area contributed by atoms with Crippen molar-refractivity contribution in [1.82, 2.24) is 10.2 Å². The number of hydrogen-bond donors (Lipinski definition) is 1. The molecule has 1 fully saturated rings. The van der Waals surface area contributed by atoms with Gasteiger partial charge in [0.05, 0.1) is 0 Å². The molecule has 0 saturated carbocycles. The highest BCUT2D eigenvalue weighted by molar-refractivity contribution is 8.00. The number of likely N-dealkylation sites (tertiary alicyclic amines) is 1. The van der Waals surface area contributed by atoms with Crippen LogP contribution in [0.5, 0.6) is 0 Å². The van der Waals surface area contributed by atoms with Gasteiger partial charge in [0.1, 0.15) is 5.82 Å². The Kier molecular flexibility index (Phi) is 7.11. The fourth-order valence-electron chi connectivity index (χ4n) is 2.90. The number of nitrogens with zero attached hydrogens (tertiary/aromatic N) is 1. The third kappa shape index (κ3) is 6.44. The summed E-state index contributed by atoms with van der Waals surface area (Å²) < 4.78 is 14.0. The molecule has 1 aliphatic rings. The number of amides is 1. The van der Waals surface area contributed by atoms with Crippen molar-refractivity contribution < 1.29 is 9.18 Å². The molecule has 1 aliphatic heterocycles. The molecule has 5 heteroatoms. The number of benzene rings is 1. The van der Waals surface area contributed by atoms with Gasteiger partial charge in [0, 0.05) is 35.1 Å². The highest BCUT2D eigenvalue weighted by Crippen LogP contribution is 2.23. The summed E-state index contributed by atoms with van der Waals surface area (Å²) in [5.74, 6) is 1.08. The highest BCUT2D eigenvalue weighted by Gasteiger charge is 2.25. The number of nitrogens with one attached hydrogen (secondary N) is 1. The van der Waals surface area contributed by atoms with Gasteiger partial charge in [0.25, 0.3) is 0 Å². The first-order valence-electron chi connectivity index (χ1n) is 8.72. The Morgan fingerprint density at radius 2 is 1.96 bits per heavy atom. The van der Waals surface area contributed by atoms with Crippen LogP contribution in [0, 0.1) is 11.7 Å². The second-order valence-electron chi connectivity index (χ2n) is 7.39. The zero-order valence-corrected chi connectivity index (χ0v) is 15.8. The van der Waals surface area contributed by atoms with Gasteiger partial charge in [-0.1, -0.05) is 39.0 Å². The maximum absolute atomic E-state index is 13.7. The summed E-state index contributed by atoms with van der Waals surface area (Å²) in [5, 5.41) is 3.06. The average molecular weight is 353 g/mol. The van der Waals surface area contributed by atoms with Gasteiger partial charge in [-0.25, -0.2) is 4.39 Å². The summed E-state index contributed by atoms with van der Waals surface area (Å²) in [6.45, 7) is 9.62. The number of carbonyl (C=O) groups excluding carboxylic acids is 1. The van der Waals surface area contributed by atoms with Crippen LogP contribution in [0.15, 0.2) is 24.3 Å². The van der Waals surface area contributed by atoms with E-state index in [1.807, 2.05) is 23.9 Å². The van der Waals surface area contributed by atoms with E-state index < -0.39 is 0 Å². The van der Waals surface area contributed by atoms with E-state index in [-0.39, 0.29) is 22.4 Å². The van der Waals surface area contributed by atoms with Crippen molar-refractivity contribution in [1.29, 1.82) is 0 Å². The van der Waals surface area contributed by atoms with Gasteiger partial charge in [-0.3, -0.25) is 9.69 Å². The van der Waals surface area contributed by atoms with Gasteiger partial charge in [0.2, 0.25) is 5.91 Å². The van der Waals surface area contributed by atoms with Gasteiger partial charge in [-0.15, -0.1) is 0 Å². The Hall–Kier alpha value is -1.07. The molecule has 1 amide bonds. The van der Waals surface area contributed by atoms with Crippen molar-refractivity contribution in [3.05, 3.63) is 35.6 Å². The van der Waals surface area contributed by atoms with Crippen LogP contribution in [0.1, 0.15) is 39.2 Å². The molecule has 1 saturated heterocycles. The van der Waals surface area contributed by atoms with Gasteiger partial charge in [-0.2, -0.15) is 11.8 Å². The van der Waals surface area contributed by atoms with Crippen LogP contribution in [0.3, 0.4) is 0 Å². The van der Waals surface area contributed by atoms with Crippen LogP contribution < -0.4 is 5.32 Å². The predicted molar refractivity (Wildman–Crippen MR) is 99.6 cm³/mol. The summed E-state index contributed by atoms with van der Waals surface area (Å²) in [6.07, 6.45) is 1.71. The van der Waals surface area contributed by atoms with Gasteiger partial charge in [0.15, 0.2) is 0 Å². The van der Waals surface area contributed by atoms with Gasteiger partial charge < -0.3 is 5.32 Å². The second-order valence-corrected chi connectivity index (χ2v) is 9.32. The van der Waals surface area contributed by atoms with Gasteiger partial charge >= 0.3 is 0 Å². The molecule has 0 aliphatic carbocycles. The normalized spacial score (nSPS) is 17.0. The largest absolute Gasteiger partial charge is 0.355 e. The van der Waals surface area contributed by atoms with E-state index in [1.54, 1.807) is 6.07 Å². The van der Waals surface area contributed by atoms with Crippen LogP contribution in [0.2, 0.25) is 0 Å².